The van der Waals surface area contributed by atoms with Crippen molar-refractivity contribution in [3.05, 3.63) is 313 Å². The zero-order valence-corrected chi connectivity index (χ0v) is 62.3. The number of rotatable bonds is 12. The quantitative estimate of drug-likeness (QED) is 0.0343. The molecule has 2 aliphatic carbocycles. The van der Waals surface area contributed by atoms with E-state index in [2.05, 4.69) is 30.8 Å². The van der Waals surface area contributed by atoms with Gasteiger partial charge in [0.1, 0.15) is 11.6 Å². The molecule has 14 nitrogen and oxygen atoms in total. The second-order valence-corrected chi connectivity index (χ2v) is 29.1. The lowest BCUT2D eigenvalue weighted by atomic mass is 9.84. The van der Waals surface area contributed by atoms with Gasteiger partial charge >= 0.3 is 6.18 Å². The van der Waals surface area contributed by atoms with E-state index in [1.807, 2.05) is 147 Å². The van der Waals surface area contributed by atoms with Crippen molar-refractivity contribution >= 4 is 191 Å². The third-order valence-electron chi connectivity index (χ3n) is 17.3. The molecule has 10 aromatic carbocycles. The molecule has 2 amide bonds. The van der Waals surface area contributed by atoms with E-state index in [9.17, 15) is 47.0 Å². The number of aryl methyl sites for hydroxylation is 2. The van der Waals surface area contributed by atoms with E-state index in [4.69, 9.17) is 81.2 Å². The van der Waals surface area contributed by atoms with Gasteiger partial charge in [-0.05, 0) is 118 Å². The van der Waals surface area contributed by atoms with Gasteiger partial charge in [-0.2, -0.15) is 13.2 Å². The van der Waals surface area contributed by atoms with Crippen LogP contribution < -0.4 is 15.5 Å². The number of imide groups is 1. The SMILES string of the molecule is Cc1c(Cl)c(Cl)c2c(c1Cl)C(=O)C(c1ccc3cccc(N4C(=O)c5c(Cl)c(Cl)c(Cl)c(Cl)c5C4=O)c3n1)C2=O.Cc1ccc(Nc2nc(Nc3ccc(C)cc3)c(N=Nc3ccccc3C(F)(F)F)c(C)c2O)cc1.O=C1c2cccc(Sc3ccccc3)c2C(=O)c2c(Sc3ccccc3)cccc21. The molecule has 2 aromatic heterocycles. The van der Waals surface area contributed by atoms with E-state index in [0.717, 1.165) is 41.7 Å². The monoisotopic (exact) mass is 1590 g/mol. The molecule has 0 radical (unpaired) electrons. The second-order valence-electron chi connectivity index (χ2n) is 24.2. The Balaban J connectivity index is 0.000000142. The maximum atomic E-state index is 13.7. The van der Waals surface area contributed by atoms with Crippen molar-refractivity contribution in [2.75, 3.05) is 15.5 Å². The third-order valence-corrected chi connectivity index (χ3v) is 22.7. The number of anilines is 5. The molecule has 3 heterocycles. The van der Waals surface area contributed by atoms with E-state index in [0.29, 0.717) is 50.1 Å². The number of halogens is 10. The summed E-state index contributed by atoms with van der Waals surface area (Å²) in [5.41, 5.74) is 4.79. The molecule has 1 atom stereocenters. The maximum absolute atomic E-state index is 13.7. The van der Waals surface area contributed by atoms with Crippen molar-refractivity contribution in [3.63, 3.8) is 0 Å². The van der Waals surface area contributed by atoms with Gasteiger partial charge in [-0.3, -0.25) is 28.8 Å². The van der Waals surface area contributed by atoms with Gasteiger partial charge in [0, 0.05) is 64.2 Å². The molecular weight excluding hydrogens is 1540 g/mol. The number of hydrogen-bond donors (Lipinski definition) is 3. The molecule has 15 rings (SSSR count). The van der Waals surface area contributed by atoms with Crippen LogP contribution in [0.5, 0.6) is 5.75 Å². The van der Waals surface area contributed by atoms with Crippen LogP contribution in [0.2, 0.25) is 35.2 Å². The Hall–Kier alpha value is -9.90. The Morgan fingerprint density at radius 1 is 0.453 bits per heavy atom. The van der Waals surface area contributed by atoms with E-state index < -0.39 is 41.0 Å². The summed E-state index contributed by atoms with van der Waals surface area (Å²) in [4.78, 5) is 94.6. The minimum Gasteiger partial charge on any atom is -0.504 e. The highest BCUT2D eigenvalue weighted by molar-refractivity contribution is 7.99. The normalized spacial score (nSPS) is 13.6. The number of alkyl halides is 3. The van der Waals surface area contributed by atoms with Crippen molar-refractivity contribution < 1.29 is 47.0 Å². The Morgan fingerprint density at radius 2 is 0.934 bits per heavy atom. The predicted molar refractivity (Wildman–Crippen MR) is 413 cm³/mol. The highest BCUT2D eigenvalue weighted by atomic mass is 35.5. The standard InChI is InChI=1S/C27H9Cl7N2O4.C27H24F3N5O.C26H16O2S2/c1-7-16(28)12-13(18(30)17(7)29)25(38)11(24(12)37)9-6-5-8-3-2-4-10(23(8)35-9)36-26(39)14-15(27(36)40)20(32)22(34)21(33)19(14)31;1-16-8-12-19(13-9-16)31-25-23(35-34-22-7-5-4-6-21(22)27(28,29)30)18(3)24(36)26(33-25)32-20-14-10-17(2)11-15-20;27-25-19-13-7-15-21(29-17-9-3-1-4-10-17)23(19)26(28)24-20(25)14-8-16-22(24)30-18-11-5-2-6-12-18/h2-6,11H,1H3;4-15,36H,1-3H3,(H2,31,32,33);1-16H. The molecule has 3 N–H and O–H groups in total. The van der Waals surface area contributed by atoms with Crippen LogP contribution in [0.25, 0.3) is 10.9 Å². The fraction of sp³-hybridized carbons (Fsp3) is 0.0750. The lowest BCUT2D eigenvalue weighted by Crippen LogP contribution is -2.30. The molecule has 106 heavy (non-hydrogen) atoms. The van der Waals surface area contributed by atoms with Crippen molar-refractivity contribution in [1.29, 1.82) is 0 Å². The van der Waals surface area contributed by atoms with Gasteiger partial charge in [0.2, 0.25) is 0 Å². The highest BCUT2D eigenvalue weighted by Gasteiger charge is 2.47. The zero-order valence-electron chi connectivity index (χ0n) is 55.4. The Morgan fingerprint density at radius 3 is 1.46 bits per heavy atom. The lowest BCUT2D eigenvalue weighted by molar-refractivity contribution is -0.137. The van der Waals surface area contributed by atoms with Crippen LogP contribution in [0.1, 0.15) is 113 Å². The summed E-state index contributed by atoms with van der Waals surface area (Å²) >= 11 is 46.9. The molecule has 3 aliphatic rings. The lowest BCUT2D eigenvalue weighted by Gasteiger charge is -2.22. The third kappa shape index (κ3) is 14.3. The van der Waals surface area contributed by atoms with Gasteiger partial charge in [0.15, 0.2) is 40.5 Å². The van der Waals surface area contributed by atoms with E-state index in [-0.39, 0.29) is 115 Å². The number of amides is 2. The van der Waals surface area contributed by atoms with Crippen LogP contribution in [0.4, 0.5) is 53.2 Å². The number of fused-ring (bicyclic) bond motifs is 5. The molecule has 12 aromatic rings. The average Bonchev–Trinajstić information content (AvgIpc) is 1.52. The molecule has 528 valence electrons. The van der Waals surface area contributed by atoms with Gasteiger partial charge in [-0.25, -0.2) is 14.9 Å². The van der Waals surface area contributed by atoms with Crippen LogP contribution in [0, 0.1) is 27.7 Å². The summed E-state index contributed by atoms with van der Waals surface area (Å²) in [5.74, 6) is -4.17. The predicted octanol–water partition coefficient (Wildman–Crippen LogP) is 24.5. The molecule has 1 unspecified atom stereocenters. The summed E-state index contributed by atoms with van der Waals surface area (Å²) in [6.07, 6.45) is -4.59. The number of aromatic hydroxyl groups is 1. The zero-order chi connectivity index (χ0) is 75.3. The summed E-state index contributed by atoms with van der Waals surface area (Å²) in [6.45, 7) is 7.10. The Kier molecular flexibility index (Phi) is 21.4. The summed E-state index contributed by atoms with van der Waals surface area (Å²) in [6, 6.07) is 58.7. The van der Waals surface area contributed by atoms with E-state index in [1.54, 1.807) is 44.2 Å². The number of para-hydroxylation sites is 1. The number of ketones is 4. The summed E-state index contributed by atoms with van der Waals surface area (Å²) in [7, 11) is 0. The van der Waals surface area contributed by atoms with Gasteiger partial charge in [-0.15, -0.1) is 10.2 Å². The van der Waals surface area contributed by atoms with Crippen molar-refractivity contribution in [3.8, 4) is 5.75 Å². The highest BCUT2D eigenvalue weighted by Crippen LogP contribution is 2.50. The van der Waals surface area contributed by atoms with Crippen LogP contribution in [-0.4, -0.2) is 50.0 Å². The Labute approximate surface area is 646 Å². The van der Waals surface area contributed by atoms with Crippen LogP contribution in [0.3, 0.4) is 0 Å². The van der Waals surface area contributed by atoms with Gasteiger partial charge in [0.05, 0.1) is 85.6 Å². The molecule has 26 heteroatoms. The fourth-order valence-electron chi connectivity index (χ4n) is 12.0. The minimum absolute atomic E-state index is 0.0304. The number of pyridine rings is 2. The smallest absolute Gasteiger partial charge is 0.418 e. The number of aromatic nitrogens is 2. The largest absolute Gasteiger partial charge is 0.504 e. The van der Waals surface area contributed by atoms with E-state index >= 15 is 0 Å². The van der Waals surface area contributed by atoms with Gasteiger partial charge < -0.3 is 15.7 Å². The average molecular weight is 1590 g/mol. The van der Waals surface area contributed by atoms with Crippen molar-refractivity contribution in [1.82, 2.24) is 9.97 Å². The first-order valence-corrected chi connectivity index (χ1v) is 36.2. The molecule has 1 aliphatic heterocycles. The van der Waals surface area contributed by atoms with Crippen molar-refractivity contribution in [2.24, 2.45) is 10.2 Å². The van der Waals surface area contributed by atoms with Gasteiger partial charge in [0.25, 0.3) is 11.8 Å². The number of carbonyl (C=O) groups excluding carboxylic acids is 6. The van der Waals surface area contributed by atoms with Crippen LogP contribution >= 0.6 is 105 Å². The minimum atomic E-state index is -4.59. The van der Waals surface area contributed by atoms with Crippen LogP contribution in [0.15, 0.2) is 230 Å². The second kappa shape index (κ2) is 30.5. The maximum Gasteiger partial charge on any atom is 0.418 e. The molecule has 0 bridgehead atoms. The molecule has 0 saturated heterocycles. The number of carbonyl (C=O) groups is 6. The number of nitrogens with one attached hydrogen (secondary N) is 2. The van der Waals surface area contributed by atoms with Crippen molar-refractivity contribution in [2.45, 2.75) is 59.4 Å². The Bertz CT molecular complexity index is 5530. The number of azo groups is 1. The number of nitrogens with zero attached hydrogens (tertiary/aromatic N) is 5. The molecular formula is C80H49Cl7F3N7O7S2. The fourth-order valence-corrected chi connectivity index (χ4v) is 15.8. The van der Waals surface area contributed by atoms with E-state index in [1.165, 1.54) is 53.9 Å². The first kappa shape index (κ1) is 74.4. The van der Waals surface area contributed by atoms with Crippen LogP contribution in [-0.2, 0) is 6.18 Å². The van der Waals surface area contributed by atoms with Gasteiger partial charge in [-0.1, -0.05) is 231 Å². The number of benzene rings is 10. The summed E-state index contributed by atoms with van der Waals surface area (Å²) in [5, 5.41) is 24.8. The molecule has 0 spiro atoms. The summed E-state index contributed by atoms with van der Waals surface area (Å²) < 4.78 is 40.3. The first-order valence-electron chi connectivity index (χ1n) is 31.9. The number of hydrogen-bond acceptors (Lipinski definition) is 15. The first-order chi connectivity index (χ1) is 50.7. The molecule has 0 fully saturated rings. The topological polar surface area (TPSA) is 200 Å². The number of Topliss-reactive ketones (excluding diaryl/α,β-unsaturated/α-hetero) is 2. The molecule has 0 saturated carbocycles.